The highest BCUT2D eigenvalue weighted by Gasteiger charge is 2.08. The Hall–Kier alpha value is -2.63. The molecule has 4 rings (SSSR count). The van der Waals surface area contributed by atoms with Gasteiger partial charge in [-0.25, -0.2) is 4.98 Å². The van der Waals surface area contributed by atoms with Crippen molar-refractivity contribution in [1.29, 1.82) is 0 Å². The van der Waals surface area contributed by atoms with Crippen molar-refractivity contribution in [1.82, 2.24) is 9.97 Å². The molecule has 2 aromatic heterocycles. The van der Waals surface area contributed by atoms with Gasteiger partial charge in [0.1, 0.15) is 5.82 Å². The molecule has 2 heterocycles. The van der Waals surface area contributed by atoms with E-state index >= 15 is 0 Å². The minimum absolute atomic E-state index is 0.537. The second-order valence-corrected chi connectivity index (χ2v) is 6.95. The maximum Gasteiger partial charge on any atom is 0.229 e. The first-order valence-corrected chi connectivity index (χ1v) is 9.09. The summed E-state index contributed by atoms with van der Waals surface area (Å²) in [7, 11) is 0. The van der Waals surface area contributed by atoms with E-state index in [1.165, 1.54) is 4.88 Å². The second kappa shape index (κ2) is 7.09. The van der Waals surface area contributed by atoms with Crippen molar-refractivity contribution in [3.05, 3.63) is 75.9 Å². The van der Waals surface area contributed by atoms with Crippen LogP contribution in [-0.4, -0.2) is 9.97 Å². The molecule has 0 spiro atoms. The predicted molar refractivity (Wildman–Crippen MR) is 106 cm³/mol. The molecule has 0 saturated heterocycles. The van der Waals surface area contributed by atoms with Gasteiger partial charge in [-0.3, -0.25) is 0 Å². The second-order valence-electron chi connectivity index (χ2n) is 5.48. The van der Waals surface area contributed by atoms with E-state index in [2.05, 4.69) is 32.0 Å². The van der Waals surface area contributed by atoms with Crippen LogP contribution in [0.1, 0.15) is 4.88 Å². The Kier molecular flexibility index (Phi) is 4.50. The maximum absolute atomic E-state index is 6.05. The molecule has 0 atom stereocenters. The van der Waals surface area contributed by atoms with Gasteiger partial charge in [-0.15, -0.1) is 11.3 Å². The molecule has 4 aromatic rings. The molecule has 0 unspecified atom stereocenters. The lowest BCUT2D eigenvalue weighted by Gasteiger charge is -2.11. The molecular formula is C19H15ClN4S. The molecule has 0 aliphatic rings. The summed E-state index contributed by atoms with van der Waals surface area (Å²) < 4.78 is 0. The van der Waals surface area contributed by atoms with Gasteiger partial charge in [0.25, 0.3) is 0 Å². The van der Waals surface area contributed by atoms with Crippen molar-refractivity contribution in [2.24, 2.45) is 0 Å². The number of nitrogens with one attached hydrogen (secondary N) is 2. The Balaban J connectivity index is 1.67. The van der Waals surface area contributed by atoms with Gasteiger partial charge >= 0.3 is 0 Å². The van der Waals surface area contributed by atoms with Crippen LogP contribution in [0.25, 0.3) is 10.9 Å². The molecule has 0 radical (unpaired) electrons. The van der Waals surface area contributed by atoms with Crippen molar-refractivity contribution in [2.45, 2.75) is 6.54 Å². The number of aromatic nitrogens is 2. The number of halogens is 1. The van der Waals surface area contributed by atoms with Gasteiger partial charge in [0.05, 0.1) is 12.1 Å². The lowest BCUT2D eigenvalue weighted by Crippen LogP contribution is -2.05. The number of rotatable bonds is 5. The van der Waals surface area contributed by atoms with E-state index in [0.717, 1.165) is 29.0 Å². The van der Waals surface area contributed by atoms with Crippen LogP contribution < -0.4 is 10.6 Å². The smallest absolute Gasteiger partial charge is 0.229 e. The lowest BCUT2D eigenvalue weighted by atomic mass is 10.2. The first kappa shape index (κ1) is 15.9. The van der Waals surface area contributed by atoms with Crippen LogP contribution in [0.4, 0.5) is 17.5 Å². The Morgan fingerprint density at radius 1 is 0.960 bits per heavy atom. The minimum atomic E-state index is 0.537. The van der Waals surface area contributed by atoms with E-state index in [0.29, 0.717) is 11.0 Å². The average Bonchev–Trinajstić information content (AvgIpc) is 3.13. The Bertz CT molecular complexity index is 1000. The summed E-state index contributed by atoms with van der Waals surface area (Å²) in [6.45, 7) is 0.731. The van der Waals surface area contributed by atoms with Crippen LogP contribution in [0.15, 0.2) is 66.0 Å². The molecule has 25 heavy (non-hydrogen) atoms. The summed E-state index contributed by atoms with van der Waals surface area (Å²) in [6, 6.07) is 19.6. The van der Waals surface area contributed by atoms with E-state index in [4.69, 9.17) is 11.6 Å². The lowest BCUT2D eigenvalue weighted by molar-refractivity contribution is 1.13. The van der Waals surface area contributed by atoms with Crippen LogP contribution in [0, 0.1) is 0 Å². The molecule has 2 aromatic carbocycles. The Morgan fingerprint density at radius 2 is 1.88 bits per heavy atom. The number of fused-ring (bicyclic) bond motifs is 1. The molecule has 0 fully saturated rings. The fourth-order valence-corrected chi connectivity index (χ4v) is 3.38. The SMILES string of the molecule is Clc1cccc(Nc2nc(NCc3cccs3)c3ccccc3n2)c1. The number of thiophene rings is 1. The van der Waals surface area contributed by atoms with Gasteiger partial charge < -0.3 is 10.6 Å². The van der Waals surface area contributed by atoms with Gasteiger partial charge in [0, 0.05) is 21.0 Å². The summed E-state index contributed by atoms with van der Waals surface area (Å²) in [5, 5.41) is 10.4. The number of benzene rings is 2. The molecule has 0 aliphatic carbocycles. The van der Waals surface area contributed by atoms with Crippen LogP contribution in [-0.2, 0) is 6.54 Å². The summed E-state index contributed by atoms with van der Waals surface area (Å²) in [5.74, 6) is 1.35. The number of hydrogen-bond donors (Lipinski definition) is 2. The summed E-state index contributed by atoms with van der Waals surface area (Å²) in [6.07, 6.45) is 0. The first-order valence-electron chi connectivity index (χ1n) is 7.83. The fourth-order valence-electron chi connectivity index (χ4n) is 2.55. The van der Waals surface area contributed by atoms with E-state index in [1.54, 1.807) is 11.3 Å². The normalized spacial score (nSPS) is 10.8. The highest BCUT2D eigenvalue weighted by atomic mass is 35.5. The van der Waals surface area contributed by atoms with E-state index in [-0.39, 0.29) is 0 Å². The standard InChI is InChI=1S/C19H15ClN4S/c20-13-5-3-6-14(11-13)22-19-23-17-9-2-1-8-16(17)18(24-19)21-12-15-7-4-10-25-15/h1-11H,12H2,(H2,21,22,23,24). The zero-order valence-corrected chi connectivity index (χ0v) is 14.8. The molecule has 0 amide bonds. The van der Waals surface area contributed by atoms with Crippen LogP contribution >= 0.6 is 22.9 Å². The highest BCUT2D eigenvalue weighted by Crippen LogP contribution is 2.25. The van der Waals surface area contributed by atoms with Crippen molar-refractivity contribution < 1.29 is 0 Å². The van der Waals surface area contributed by atoms with E-state index < -0.39 is 0 Å². The number of nitrogens with zero attached hydrogens (tertiary/aromatic N) is 2. The zero-order chi connectivity index (χ0) is 17.1. The topological polar surface area (TPSA) is 49.8 Å². The van der Waals surface area contributed by atoms with Gasteiger partial charge in [0.15, 0.2) is 0 Å². The molecule has 4 nitrogen and oxygen atoms in total. The van der Waals surface area contributed by atoms with Crippen molar-refractivity contribution in [3.63, 3.8) is 0 Å². The predicted octanol–water partition coefficient (Wildman–Crippen LogP) is 5.70. The third-order valence-corrected chi connectivity index (χ3v) is 4.81. The van der Waals surface area contributed by atoms with Gasteiger partial charge in [-0.05, 0) is 41.8 Å². The quantitative estimate of drug-likeness (QED) is 0.475. The Labute approximate surface area is 154 Å². The highest BCUT2D eigenvalue weighted by molar-refractivity contribution is 7.09. The third kappa shape index (κ3) is 3.73. The van der Waals surface area contributed by atoms with Crippen molar-refractivity contribution in [2.75, 3.05) is 10.6 Å². The number of hydrogen-bond acceptors (Lipinski definition) is 5. The van der Waals surface area contributed by atoms with Crippen molar-refractivity contribution >= 4 is 51.3 Å². The van der Waals surface area contributed by atoms with Gasteiger partial charge in [-0.2, -0.15) is 4.98 Å². The molecule has 6 heteroatoms. The molecule has 0 aliphatic heterocycles. The monoisotopic (exact) mass is 366 g/mol. The van der Waals surface area contributed by atoms with Crippen LogP contribution in [0.5, 0.6) is 0 Å². The first-order chi connectivity index (χ1) is 12.3. The molecule has 0 bridgehead atoms. The third-order valence-electron chi connectivity index (χ3n) is 3.69. The Morgan fingerprint density at radius 3 is 2.72 bits per heavy atom. The van der Waals surface area contributed by atoms with E-state index in [9.17, 15) is 0 Å². The van der Waals surface area contributed by atoms with Crippen LogP contribution in [0.3, 0.4) is 0 Å². The number of para-hydroxylation sites is 1. The number of anilines is 3. The fraction of sp³-hybridized carbons (Fsp3) is 0.0526. The maximum atomic E-state index is 6.05. The molecule has 0 saturated carbocycles. The summed E-state index contributed by atoms with van der Waals surface area (Å²) in [5.41, 5.74) is 1.74. The zero-order valence-electron chi connectivity index (χ0n) is 13.2. The summed E-state index contributed by atoms with van der Waals surface area (Å²) >= 11 is 7.77. The van der Waals surface area contributed by atoms with Crippen LogP contribution in [0.2, 0.25) is 5.02 Å². The average molecular weight is 367 g/mol. The summed E-state index contributed by atoms with van der Waals surface area (Å²) in [4.78, 5) is 10.5. The molecule has 124 valence electrons. The minimum Gasteiger partial charge on any atom is -0.364 e. The largest absolute Gasteiger partial charge is 0.364 e. The van der Waals surface area contributed by atoms with Gasteiger partial charge in [0.2, 0.25) is 5.95 Å². The molecular weight excluding hydrogens is 352 g/mol. The van der Waals surface area contributed by atoms with Crippen molar-refractivity contribution in [3.8, 4) is 0 Å². The van der Waals surface area contributed by atoms with Gasteiger partial charge in [-0.1, -0.05) is 35.9 Å². The van der Waals surface area contributed by atoms with E-state index in [1.807, 2.05) is 54.6 Å². The molecule has 2 N–H and O–H groups in total.